The minimum absolute atomic E-state index is 0.752. The van der Waals surface area contributed by atoms with E-state index < -0.39 is 0 Å². The number of aromatic nitrogens is 2. The largest absolute Gasteiger partial charge is 0.384 e. The fourth-order valence-corrected chi connectivity index (χ4v) is 3.03. The smallest absolute Gasteiger partial charge is 0.170 e. The van der Waals surface area contributed by atoms with Crippen molar-refractivity contribution in [1.29, 1.82) is 0 Å². The number of rotatable bonds is 5. The monoisotopic (exact) mass is 285 g/mol. The molecule has 2 rings (SSSR count). The predicted octanol–water partition coefficient (Wildman–Crippen LogP) is 3.70. The lowest BCUT2D eigenvalue weighted by atomic mass is 10.3. The topological polar surface area (TPSA) is 37.8 Å². The molecule has 0 spiro atoms. The van der Waals surface area contributed by atoms with E-state index in [1.54, 1.807) is 11.8 Å². The van der Waals surface area contributed by atoms with Crippen LogP contribution in [0.1, 0.15) is 5.82 Å². The molecule has 0 saturated carbocycles. The summed E-state index contributed by atoms with van der Waals surface area (Å²) in [6.45, 7) is 2.79. The summed E-state index contributed by atoms with van der Waals surface area (Å²) in [5, 5.41) is 4.07. The molecule has 1 N–H and O–H groups in total. The standard InChI is InChI=1S/C11H12ClN3S2/c1-8-14-11(17-15-8)16-6-5-13-10-4-2-3-9(12)7-10/h2-4,7,13H,5-6H2,1H3. The van der Waals surface area contributed by atoms with Gasteiger partial charge in [-0.25, -0.2) is 4.98 Å². The van der Waals surface area contributed by atoms with Gasteiger partial charge < -0.3 is 5.32 Å². The van der Waals surface area contributed by atoms with Gasteiger partial charge in [0.1, 0.15) is 5.82 Å². The molecule has 1 aromatic carbocycles. The quantitative estimate of drug-likeness (QED) is 0.671. The van der Waals surface area contributed by atoms with Crippen molar-refractivity contribution in [3.05, 3.63) is 35.1 Å². The maximum Gasteiger partial charge on any atom is 0.170 e. The second-order valence-corrected chi connectivity index (χ2v) is 5.92. The third kappa shape index (κ3) is 4.18. The van der Waals surface area contributed by atoms with Crippen LogP contribution in [0.2, 0.25) is 5.02 Å². The van der Waals surface area contributed by atoms with Crippen molar-refractivity contribution in [2.45, 2.75) is 11.3 Å². The molecule has 0 saturated heterocycles. The summed E-state index contributed by atoms with van der Waals surface area (Å²) >= 11 is 9.06. The van der Waals surface area contributed by atoms with Gasteiger partial charge in [0, 0.05) is 23.0 Å². The highest BCUT2D eigenvalue weighted by molar-refractivity contribution is 8.00. The summed E-state index contributed by atoms with van der Waals surface area (Å²) in [6.07, 6.45) is 0. The van der Waals surface area contributed by atoms with Crippen LogP contribution in [0.3, 0.4) is 0 Å². The van der Waals surface area contributed by atoms with E-state index in [0.717, 1.165) is 33.2 Å². The number of hydrogen-bond donors (Lipinski definition) is 1. The predicted molar refractivity (Wildman–Crippen MR) is 75.3 cm³/mol. The van der Waals surface area contributed by atoms with Gasteiger partial charge in [0.15, 0.2) is 4.34 Å². The summed E-state index contributed by atoms with van der Waals surface area (Å²) in [5.41, 5.74) is 1.05. The van der Waals surface area contributed by atoms with Gasteiger partial charge in [-0.05, 0) is 36.7 Å². The molecule has 0 amide bonds. The molecule has 1 heterocycles. The number of halogens is 1. The van der Waals surface area contributed by atoms with Crippen LogP contribution in [0, 0.1) is 6.92 Å². The first-order valence-corrected chi connectivity index (χ1v) is 7.30. The van der Waals surface area contributed by atoms with Crippen LogP contribution in [0.15, 0.2) is 28.6 Å². The summed E-state index contributed by atoms with van der Waals surface area (Å²) in [5.74, 6) is 1.81. The SMILES string of the molecule is Cc1nsc(SCCNc2cccc(Cl)c2)n1. The number of nitrogens with zero attached hydrogens (tertiary/aromatic N) is 2. The molecule has 0 atom stereocenters. The van der Waals surface area contributed by atoms with Gasteiger partial charge >= 0.3 is 0 Å². The lowest BCUT2D eigenvalue weighted by Crippen LogP contribution is -2.03. The molecule has 0 aliphatic heterocycles. The van der Waals surface area contributed by atoms with Gasteiger partial charge in [0.25, 0.3) is 0 Å². The molecule has 0 fully saturated rings. The molecule has 0 unspecified atom stereocenters. The van der Waals surface area contributed by atoms with Crippen molar-refractivity contribution >= 4 is 40.6 Å². The van der Waals surface area contributed by atoms with Gasteiger partial charge in [0.2, 0.25) is 0 Å². The van der Waals surface area contributed by atoms with Crippen molar-refractivity contribution < 1.29 is 0 Å². The Balaban J connectivity index is 1.73. The molecular formula is C11H12ClN3S2. The molecule has 1 aromatic heterocycles. The van der Waals surface area contributed by atoms with E-state index in [9.17, 15) is 0 Å². The number of nitrogens with one attached hydrogen (secondary N) is 1. The molecule has 0 bridgehead atoms. The van der Waals surface area contributed by atoms with Gasteiger partial charge in [-0.15, -0.1) is 0 Å². The number of benzene rings is 1. The lowest BCUT2D eigenvalue weighted by molar-refractivity contribution is 1.10. The number of aryl methyl sites for hydroxylation is 1. The van der Waals surface area contributed by atoms with Crippen molar-refractivity contribution in [1.82, 2.24) is 9.36 Å². The normalized spacial score (nSPS) is 10.5. The number of thioether (sulfide) groups is 1. The Hall–Kier alpha value is -0.780. The van der Waals surface area contributed by atoms with E-state index in [0.29, 0.717) is 0 Å². The van der Waals surface area contributed by atoms with E-state index in [-0.39, 0.29) is 0 Å². The Bertz CT molecular complexity index is 487. The van der Waals surface area contributed by atoms with Gasteiger partial charge in [-0.3, -0.25) is 0 Å². The zero-order chi connectivity index (χ0) is 12.1. The summed E-state index contributed by atoms with van der Waals surface area (Å²) in [7, 11) is 0. The van der Waals surface area contributed by atoms with Crippen molar-refractivity contribution in [2.75, 3.05) is 17.6 Å². The van der Waals surface area contributed by atoms with Gasteiger partial charge in [-0.1, -0.05) is 29.4 Å². The first kappa shape index (κ1) is 12.7. The summed E-state index contributed by atoms with van der Waals surface area (Å²) < 4.78 is 5.16. The van der Waals surface area contributed by atoms with E-state index in [4.69, 9.17) is 11.6 Å². The van der Waals surface area contributed by atoms with E-state index in [2.05, 4.69) is 14.7 Å². The highest BCUT2D eigenvalue weighted by atomic mass is 35.5. The average Bonchev–Trinajstić information content (AvgIpc) is 2.71. The Kier molecular flexibility index (Phi) is 4.65. The van der Waals surface area contributed by atoms with Crippen LogP contribution < -0.4 is 5.32 Å². The molecule has 6 heteroatoms. The Morgan fingerprint density at radius 3 is 3.06 bits per heavy atom. The average molecular weight is 286 g/mol. The molecule has 0 aliphatic rings. The molecule has 17 heavy (non-hydrogen) atoms. The second-order valence-electron chi connectivity index (χ2n) is 3.39. The molecular weight excluding hydrogens is 274 g/mol. The molecule has 0 aliphatic carbocycles. The molecule has 0 radical (unpaired) electrons. The number of hydrogen-bond acceptors (Lipinski definition) is 5. The second kappa shape index (κ2) is 6.23. The highest BCUT2D eigenvalue weighted by Crippen LogP contribution is 2.20. The maximum absolute atomic E-state index is 5.89. The Labute approximate surface area is 114 Å². The van der Waals surface area contributed by atoms with Crippen molar-refractivity contribution in [3.63, 3.8) is 0 Å². The Morgan fingerprint density at radius 2 is 2.35 bits per heavy atom. The fraction of sp³-hybridized carbons (Fsp3) is 0.273. The van der Waals surface area contributed by atoms with Crippen molar-refractivity contribution in [2.24, 2.45) is 0 Å². The van der Waals surface area contributed by atoms with E-state index in [1.807, 2.05) is 31.2 Å². The highest BCUT2D eigenvalue weighted by Gasteiger charge is 2.00. The van der Waals surface area contributed by atoms with Gasteiger partial charge in [-0.2, -0.15) is 4.37 Å². The van der Waals surface area contributed by atoms with E-state index >= 15 is 0 Å². The third-order valence-corrected chi connectivity index (χ3v) is 4.15. The number of anilines is 1. The fourth-order valence-electron chi connectivity index (χ4n) is 1.27. The summed E-state index contributed by atoms with van der Waals surface area (Å²) in [6, 6.07) is 7.73. The molecule has 2 aromatic rings. The molecule has 90 valence electrons. The van der Waals surface area contributed by atoms with Crippen LogP contribution in [0.4, 0.5) is 5.69 Å². The molecule has 3 nitrogen and oxygen atoms in total. The van der Waals surface area contributed by atoms with Crippen LogP contribution >= 0.6 is 34.9 Å². The first-order valence-electron chi connectivity index (χ1n) is 5.16. The zero-order valence-corrected chi connectivity index (χ0v) is 11.7. The van der Waals surface area contributed by atoms with Gasteiger partial charge in [0.05, 0.1) is 0 Å². The van der Waals surface area contributed by atoms with E-state index in [1.165, 1.54) is 11.5 Å². The Morgan fingerprint density at radius 1 is 1.47 bits per heavy atom. The zero-order valence-electron chi connectivity index (χ0n) is 9.31. The van der Waals surface area contributed by atoms with Crippen LogP contribution in [0.25, 0.3) is 0 Å². The first-order chi connectivity index (χ1) is 8.24. The van der Waals surface area contributed by atoms with Crippen LogP contribution in [-0.2, 0) is 0 Å². The minimum atomic E-state index is 0.752. The lowest BCUT2D eigenvalue weighted by Gasteiger charge is -2.05. The minimum Gasteiger partial charge on any atom is -0.384 e. The van der Waals surface area contributed by atoms with Crippen LogP contribution in [0.5, 0.6) is 0 Å². The third-order valence-electron chi connectivity index (χ3n) is 1.99. The maximum atomic E-state index is 5.89. The summed E-state index contributed by atoms with van der Waals surface area (Å²) in [4.78, 5) is 4.29. The van der Waals surface area contributed by atoms with Crippen LogP contribution in [-0.4, -0.2) is 21.7 Å². The van der Waals surface area contributed by atoms with Crippen molar-refractivity contribution in [3.8, 4) is 0 Å².